The van der Waals surface area contributed by atoms with Crippen molar-refractivity contribution >= 4 is 0 Å². The fraction of sp³-hybridized carbons (Fsp3) is 1.00. The molecule has 2 fully saturated rings. The van der Waals surface area contributed by atoms with Crippen LogP contribution in [0.5, 0.6) is 0 Å². The molecule has 13 heavy (non-hydrogen) atoms. The Morgan fingerprint density at radius 3 is 2.54 bits per heavy atom. The Labute approximate surface area is 82.5 Å². The molecule has 1 heteroatoms. The van der Waals surface area contributed by atoms with Gasteiger partial charge >= 0.3 is 0 Å². The first-order chi connectivity index (χ1) is 6.42. The van der Waals surface area contributed by atoms with Crippen LogP contribution < -0.4 is 0 Å². The highest BCUT2D eigenvalue weighted by Gasteiger charge is 2.31. The number of piperidine rings is 1. The number of rotatable bonds is 3. The third-order valence-electron chi connectivity index (χ3n) is 3.84. The molecule has 76 valence electrons. The minimum Gasteiger partial charge on any atom is -0.297 e. The maximum atomic E-state index is 2.83. The van der Waals surface area contributed by atoms with Gasteiger partial charge in [0.2, 0.25) is 0 Å². The van der Waals surface area contributed by atoms with E-state index in [2.05, 4.69) is 11.8 Å². The van der Waals surface area contributed by atoms with Gasteiger partial charge in [-0.2, -0.15) is 0 Å². The van der Waals surface area contributed by atoms with Gasteiger partial charge in [-0.05, 0) is 38.6 Å². The summed E-state index contributed by atoms with van der Waals surface area (Å²) in [6.07, 6.45) is 11.7. The van der Waals surface area contributed by atoms with Gasteiger partial charge in [0, 0.05) is 12.1 Å². The molecule has 1 aliphatic carbocycles. The second-order valence-corrected chi connectivity index (χ2v) is 4.76. The van der Waals surface area contributed by atoms with Gasteiger partial charge in [-0.25, -0.2) is 0 Å². The van der Waals surface area contributed by atoms with Crippen LogP contribution in [0.15, 0.2) is 0 Å². The van der Waals surface area contributed by atoms with Crippen LogP contribution in [0, 0.1) is 0 Å². The van der Waals surface area contributed by atoms with Gasteiger partial charge in [-0.15, -0.1) is 0 Å². The molecule has 1 saturated carbocycles. The zero-order chi connectivity index (χ0) is 9.10. The van der Waals surface area contributed by atoms with Crippen LogP contribution in [-0.2, 0) is 0 Å². The summed E-state index contributed by atoms with van der Waals surface area (Å²) in [6, 6.07) is 1.93. The lowest BCUT2D eigenvalue weighted by molar-refractivity contribution is 0.0473. The van der Waals surface area contributed by atoms with Crippen LogP contribution in [0.2, 0.25) is 0 Å². The molecule has 2 rings (SSSR count). The second-order valence-electron chi connectivity index (χ2n) is 4.76. The van der Waals surface area contributed by atoms with Gasteiger partial charge in [0.15, 0.2) is 0 Å². The van der Waals surface area contributed by atoms with E-state index in [1.54, 1.807) is 0 Å². The quantitative estimate of drug-likeness (QED) is 0.646. The van der Waals surface area contributed by atoms with Crippen molar-refractivity contribution in [2.24, 2.45) is 0 Å². The van der Waals surface area contributed by atoms with Crippen LogP contribution >= 0.6 is 0 Å². The van der Waals surface area contributed by atoms with E-state index >= 15 is 0 Å². The summed E-state index contributed by atoms with van der Waals surface area (Å²) < 4.78 is 0. The van der Waals surface area contributed by atoms with Crippen LogP contribution in [0.4, 0.5) is 0 Å². The molecule has 0 N–H and O–H groups in total. The Balaban J connectivity index is 1.87. The van der Waals surface area contributed by atoms with E-state index in [-0.39, 0.29) is 0 Å². The Bertz CT molecular complexity index is 149. The average molecular weight is 181 g/mol. The summed E-state index contributed by atoms with van der Waals surface area (Å²) in [6.45, 7) is 3.73. The third-order valence-corrected chi connectivity index (χ3v) is 3.84. The van der Waals surface area contributed by atoms with Gasteiger partial charge in [0.25, 0.3) is 0 Å². The van der Waals surface area contributed by atoms with Gasteiger partial charge in [-0.3, -0.25) is 4.90 Å². The third kappa shape index (κ3) is 2.07. The van der Waals surface area contributed by atoms with Crippen molar-refractivity contribution in [3.8, 4) is 0 Å². The highest BCUT2D eigenvalue weighted by atomic mass is 15.2. The smallest absolute Gasteiger partial charge is 0.00982 e. The molecule has 1 heterocycles. The molecule has 0 aromatic rings. The first-order valence-electron chi connectivity index (χ1n) is 6.17. The summed E-state index contributed by atoms with van der Waals surface area (Å²) in [5, 5.41) is 0. The Hall–Kier alpha value is -0.0400. The highest BCUT2D eigenvalue weighted by molar-refractivity contribution is 4.87. The molecule has 0 amide bonds. The molecule has 1 nitrogen and oxygen atoms in total. The minimum absolute atomic E-state index is 0.948. The second kappa shape index (κ2) is 4.45. The summed E-state index contributed by atoms with van der Waals surface area (Å²) in [5.41, 5.74) is 0. The molecule has 2 aliphatic rings. The van der Waals surface area contributed by atoms with Gasteiger partial charge in [0.05, 0.1) is 0 Å². The van der Waals surface area contributed by atoms with Gasteiger partial charge in [0.1, 0.15) is 0 Å². The lowest BCUT2D eigenvalue weighted by Crippen LogP contribution is -2.49. The largest absolute Gasteiger partial charge is 0.297 e. The molecule has 1 saturated heterocycles. The normalized spacial score (nSPS) is 31.6. The van der Waals surface area contributed by atoms with Gasteiger partial charge < -0.3 is 0 Å². The number of likely N-dealkylation sites (tertiary alicyclic amines) is 1. The lowest BCUT2D eigenvalue weighted by atomic mass is 9.86. The number of hydrogen-bond donors (Lipinski definition) is 0. The summed E-state index contributed by atoms with van der Waals surface area (Å²) >= 11 is 0. The fourth-order valence-electron chi connectivity index (χ4n) is 2.87. The van der Waals surface area contributed by atoms with Crippen LogP contribution in [0.3, 0.4) is 0 Å². The molecule has 0 radical (unpaired) electrons. The Morgan fingerprint density at radius 1 is 1.08 bits per heavy atom. The molecule has 0 aromatic heterocycles. The van der Waals surface area contributed by atoms with Crippen LogP contribution in [0.25, 0.3) is 0 Å². The first kappa shape index (κ1) is 9.51. The van der Waals surface area contributed by atoms with E-state index in [1.807, 2.05) is 0 Å². The molecular formula is C12H23N. The Kier molecular flexibility index (Phi) is 3.26. The monoisotopic (exact) mass is 181 g/mol. The molecule has 0 aromatic carbocycles. The summed E-state index contributed by atoms with van der Waals surface area (Å²) in [7, 11) is 0. The topological polar surface area (TPSA) is 3.24 Å². The van der Waals surface area contributed by atoms with E-state index in [4.69, 9.17) is 0 Å². The van der Waals surface area contributed by atoms with E-state index in [1.165, 1.54) is 57.9 Å². The van der Waals surface area contributed by atoms with Crippen LogP contribution in [0.1, 0.15) is 58.3 Å². The molecule has 1 aliphatic heterocycles. The first-order valence-corrected chi connectivity index (χ1v) is 6.17. The lowest BCUT2D eigenvalue weighted by Gasteiger charge is -2.45. The molecule has 0 spiro atoms. The summed E-state index contributed by atoms with van der Waals surface area (Å²) in [4.78, 5) is 2.83. The van der Waals surface area contributed by atoms with Crippen molar-refractivity contribution in [2.45, 2.75) is 70.4 Å². The van der Waals surface area contributed by atoms with Gasteiger partial charge in [-0.1, -0.05) is 26.2 Å². The standard InChI is InChI=1S/C12H23N/c1-2-6-11-7-3-4-10-13(11)12-8-5-9-12/h11-12H,2-10H2,1H3. The van der Waals surface area contributed by atoms with Crippen molar-refractivity contribution in [1.82, 2.24) is 4.90 Å². The van der Waals surface area contributed by atoms with Crippen molar-refractivity contribution in [1.29, 1.82) is 0 Å². The van der Waals surface area contributed by atoms with Crippen LogP contribution in [-0.4, -0.2) is 23.5 Å². The van der Waals surface area contributed by atoms with E-state index in [9.17, 15) is 0 Å². The SMILES string of the molecule is CCCC1CCCCN1C1CCC1. The molecule has 0 bridgehead atoms. The molecule has 1 unspecified atom stereocenters. The zero-order valence-corrected chi connectivity index (χ0v) is 8.97. The maximum absolute atomic E-state index is 2.83. The Morgan fingerprint density at radius 2 is 1.92 bits per heavy atom. The van der Waals surface area contributed by atoms with Crippen molar-refractivity contribution in [3.05, 3.63) is 0 Å². The average Bonchev–Trinajstić information content (AvgIpc) is 2.05. The van der Waals surface area contributed by atoms with E-state index in [0.717, 1.165) is 12.1 Å². The number of nitrogens with zero attached hydrogens (tertiary/aromatic N) is 1. The maximum Gasteiger partial charge on any atom is 0.00982 e. The predicted octanol–water partition coefficient (Wildman–Crippen LogP) is 3.19. The van der Waals surface area contributed by atoms with Crippen molar-refractivity contribution in [3.63, 3.8) is 0 Å². The molecular weight excluding hydrogens is 158 g/mol. The van der Waals surface area contributed by atoms with Crippen molar-refractivity contribution < 1.29 is 0 Å². The minimum atomic E-state index is 0.948. The highest BCUT2D eigenvalue weighted by Crippen LogP contribution is 2.31. The van der Waals surface area contributed by atoms with E-state index in [0.29, 0.717) is 0 Å². The van der Waals surface area contributed by atoms with E-state index < -0.39 is 0 Å². The number of hydrogen-bond acceptors (Lipinski definition) is 1. The molecule has 1 atom stereocenters. The summed E-state index contributed by atoms with van der Waals surface area (Å²) in [5.74, 6) is 0. The fourth-order valence-corrected chi connectivity index (χ4v) is 2.87. The zero-order valence-electron chi connectivity index (χ0n) is 8.97. The van der Waals surface area contributed by atoms with Crippen molar-refractivity contribution in [2.75, 3.05) is 6.54 Å². The predicted molar refractivity (Wildman–Crippen MR) is 56.9 cm³/mol.